The lowest BCUT2D eigenvalue weighted by atomic mass is 10.1. The van der Waals surface area contributed by atoms with Gasteiger partial charge in [0, 0.05) is 17.8 Å². The Morgan fingerprint density at radius 3 is 2.71 bits per heavy atom. The highest BCUT2D eigenvalue weighted by atomic mass is 16.7. The number of hydrogen-bond acceptors (Lipinski definition) is 5. The van der Waals surface area contributed by atoms with Gasteiger partial charge in [-0.3, -0.25) is 4.99 Å². The van der Waals surface area contributed by atoms with E-state index in [0.717, 1.165) is 11.1 Å². The minimum atomic E-state index is -0.956. The molecule has 3 rings (SSSR count). The summed E-state index contributed by atoms with van der Waals surface area (Å²) >= 11 is 0. The number of rotatable bonds is 5. The lowest BCUT2D eigenvalue weighted by Gasteiger charge is -2.08. The molecule has 0 aromatic heterocycles. The number of aliphatic imine (C=N–C) groups is 1. The van der Waals surface area contributed by atoms with Gasteiger partial charge in [0.2, 0.25) is 6.79 Å². The summed E-state index contributed by atoms with van der Waals surface area (Å²) in [6.07, 6.45) is 1.68. The lowest BCUT2D eigenvalue weighted by Crippen LogP contribution is -1.97. The molecule has 1 heterocycles. The zero-order chi connectivity index (χ0) is 17.1. The normalized spacial score (nSPS) is 12.6. The van der Waals surface area contributed by atoms with Crippen molar-refractivity contribution in [1.29, 1.82) is 0 Å². The van der Waals surface area contributed by atoms with Crippen molar-refractivity contribution in [3.63, 3.8) is 0 Å². The molecule has 0 aliphatic carbocycles. The maximum Gasteiger partial charge on any atom is 0.335 e. The molecule has 1 aliphatic rings. The van der Waals surface area contributed by atoms with Crippen molar-refractivity contribution in [3.05, 3.63) is 47.0 Å². The van der Waals surface area contributed by atoms with E-state index in [0.29, 0.717) is 29.5 Å². The third kappa shape index (κ3) is 3.17. The minimum absolute atomic E-state index is 0.192. The van der Waals surface area contributed by atoms with Crippen LogP contribution in [-0.4, -0.2) is 30.7 Å². The molecule has 2 aromatic rings. The second kappa shape index (κ2) is 6.62. The van der Waals surface area contributed by atoms with Gasteiger partial charge in [-0.25, -0.2) is 4.79 Å². The number of aryl methyl sites for hydroxylation is 1. The second-order valence-corrected chi connectivity index (χ2v) is 5.24. The number of aromatic carboxylic acids is 1. The SMILES string of the molecule is CCOc1cc2c(cc1C=Nc1ccc(C(=O)O)cc1C)OCO2. The molecule has 124 valence electrons. The second-order valence-electron chi connectivity index (χ2n) is 5.24. The summed E-state index contributed by atoms with van der Waals surface area (Å²) in [5.41, 5.74) is 2.48. The van der Waals surface area contributed by atoms with E-state index < -0.39 is 5.97 Å². The smallest absolute Gasteiger partial charge is 0.335 e. The zero-order valence-electron chi connectivity index (χ0n) is 13.4. The van der Waals surface area contributed by atoms with E-state index in [4.69, 9.17) is 19.3 Å². The van der Waals surface area contributed by atoms with E-state index in [1.165, 1.54) is 6.07 Å². The predicted octanol–water partition coefficient (Wildman–Crippen LogP) is 3.57. The van der Waals surface area contributed by atoms with Crippen LogP contribution in [-0.2, 0) is 0 Å². The Balaban J connectivity index is 1.93. The van der Waals surface area contributed by atoms with Crippen molar-refractivity contribution in [2.75, 3.05) is 13.4 Å². The van der Waals surface area contributed by atoms with Crippen LogP contribution in [0.1, 0.15) is 28.4 Å². The molecule has 6 nitrogen and oxygen atoms in total. The highest BCUT2D eigenvalue weighted by Gasteiger charge is 2.17. The molecule has 6 heteroatoms. The van der Waals surface area contributed by atoms with Crippen molar-refractivity contribution in [2.45, 2.75) is 13.8 Å². The first-order chi connectivity index (χ1) is 11.6. The topological polar surface area (TPSA) is 77.4 Å². The lowest BCUT2D eigenvalue weighted by molar-refractivity contribution is 0.0697. The van der Waals surface area contributed by atoms with E-state index in [1.807, 2.05) is 19.9 Å². The minimum Gasteiger partial charge on any atom is -0.493 e. The number of fused-ring (bicyclic) bond motifs is 1. The zero-order valence-corrected chi connectivity index (χ0v) is 13.4. The molecule has 0 unspecified atom stereocenters. The fourth-order valence-corrected chi connectivity index (χ4v) is 2.39. The first kappa shape index (κ1) is 15.9. The van der Waals surface area contributed by atoms with Gasteiger partial charge < -0.3 is 19.3 Å². The van der Waals surface area contributed by atoms with Gasteiger partial charge in [0.1, 0.15) is 5.75 Å². The van der Waals surface area contributed by atoms with Crippen LogP contribution in [0, 0.1) is 6.92 Å². The summed E-state index contributed by atoms with van der Waals surface area (Å²) in [6, 6.07) is 8.41. The molecule has 0 bridgehead atoms. The fourth-order valence-electron chi connectivity index (χ4n) is 2.39. The molecular formula is C18H17NO5. The van der Waals surface area contributed by atoms with Gasteiger partial charge >= 0.3 is 5.97 Å². The molecule has 0 saturated carbocycles. The van der Waals surface area contributed by atoms with Crippen molar-refractivity contribution >= 4 is 17.9 Å². The molecule has 0 radical (unpaired) electrons. The Morgan fingerprint density at radius 1 is 1.29 bits per heavy atom. The van der Waals surface area contributed by atoms with Crippen molar-refractivity contribution < 1.29 is 24.1 Å². The number of carboxylic acids is 1. The molecule has 0 spiro atoms. The number of nitrogens with zero attached hydrogens (tertiary/aromatic N) is 1. The first-order valence-corrected chi connectivity index (χ1v) is 7.53. The Hall–Kier alpha value is -3.02. The standard InChI is InChI=1S/C18H17NO5/c1-3-22-15-8-17-16(23-10-24-17)7-13(15)9-19-14-5-4-12(18(20)21)6-11(14)2/h4-9H,3,10H2,1-2H3,(H,20,21). The van der Waals surface area contributed by atoms with Crippen LogP contribution in [0.5, 0.6) is 17.2 Å². The maximum absolute atomic E-state index is 11.0. The summed E-state index contributed by atoms with van der Waals surface area (Å²) in [7, 11) is 0. The van der Waals surface area contributed by atoms with Crippen molar-refractivity contribution in [2.24, 2.45) is 4.99 Å². The van der Waals surface area contributed by atoms with Gasteiger partial charge in [-0.2, -0.15) is 0 Å². The average molecular weight is 327 g/mol. The summed E-state index contributed by atoms with van der Waals surface area (Å²) in [5, 5.41) is 9.01. The third-order valence-electron chi connectivity index (χ3n) is 3.59. The Kier molecular flexibility index (Phi) is 4.37. The molecule has 1 aliphatic heterocycles. The summed E-state index contributed by atoms with van der Waals surface area (Å²) in [4.78, 5) is 15.4. The molecule has 1 N–H and O–H groups in total. The number of carboxylic acid groups (broad SMARTS) is 1. The monoisotopic (exact) mass is 327 g/mol. The Labute approximate surface area is 139 Å². The predicted molar refractivity (Wildman–Crippen MR) is 89.1 cm³/mol. The largest absolute Gasteiger partial charge is 0.493 e. The number of carbonyl (C=O) groups is 1. The van der Waals surface area contributed by atoms with Crippen LogP contribution >= 0.6 is 0 Å². The van der Waals surface area contributed by atoms with Crippen LogP contribution < -0.4 is 14.2 Å². The van der Waals surface area contributed by atoms with Gasteiger partial charge in [-0.15, -0.1) is 0 Å². The molecule has 0 saturated heterocycles. The van der Waals surface area contributed by atoms with Gasteiger partial charge in [0.25, 0.3) is 0 Å². The van der Waals surface area contributed by atoms with Crippen molar-refractivity contribution in [3.8, 4) is 17.2 Å². The van der Waals surface area contributed by atoms with Crippen LogP contribution in [0.25, 0.3) is 0 Å². The molecule has 24 heavy (non-hydrogen) atoms. The molecule has 2 aromatic carbocycles. The quantitative estimate of drug-likeness (QED) is 0.850. The average Bonchev–Trinajstić information content (AvgIpc) is 3.00. The summed E-state index contributed by atoms with van der Waals surface area (Å²) in [5.74, 6) is 1.00. The summed E-state index contributed by atoms with van der Waals surface area (Å²) in [6.45, 7) is 4.44. The van der Waals surface area contributed by atoms with Crippen LogP contribution in [0.4, 0.5) is 5.69 Å². The Morgan fingerprint density at radius 2 is 2.04 bits per heavy atom. The van der Waals surface area contributed by atoms with Crippen LogP contribution in [0.2, 0.25) is 0 Å². The van der Waals surface area contributed by atoms with Crippen molar-refractivity contribution in [1.82, 2.24) is 0 Å². The van der Waals surface area contributed by atoms with E-state index in [1.54, 1.807) is 24.4 Å². The van der Waals surface area contributed by atoms with E-state index >= 15 is 0 Å². The molecule has 0 fully saturated rings. The van der Waals surface area contributed by atoms with E-state index in [2.05, 4.69) is 4.99 Å². The number of benzene rings is 2. The van der Waals surface area contributed by atoms with E-state index in [9.17, 15) is 4.79 Å². The fraction of sp³-hybridized carbons (Fsp3) is 0.222. The number of hydrogen-bond donors (Lipinski definition) is 1. The first-order valence-electron chi connectivity index (χ1n) is 7.53. The van der Waals surface area contributed by atoms with E-state index in [-0.39, 0.29) is 12.4 Å². The van der Waals surface area contributed by atoms with Gasteiger partial charge in [0.05, 0.1) is 17.9 Å². The highest BCUT2D eigenvalue weighted by molar-refractivity contribution is 5.90. The molecule has 0 amide bonds. The Bertz CT molecular complexity index is 813. The number of ether oxygens (including phenoxy) is 3. The summed E-state index contributed by atoms with van der Waals surface area (Å²) < 4.78 is 16.4. The van der Waals surface area contributed by atoms with Gasteiger partial charge in [0.15, 0.2) is 11.5 Å². The molecular weight excluding hydrogens is 310 g/mol. The van der Waals surface area contributed by atoms with Crippen LogP contribution in [0.15, 0.2) is 35.3 Å². The maximum atomic E-state index is 11.0. The van der Waals surface area contributed by atoms with Gasteiger partial charge in [-0.1, -0.05) is 0 Å². The highest BCUT2D eigenvalue weighted by Crippen LogP contribution is 2.37. The van der Waals surface area contributed by atoms with Gasteiger partial charge in [-0.05, 0) is 43.7 Å². The van der Waals surface area contributed by atoms with Crippen LogP contribution in [0.3, 0.4) is 0 Å². The third-order valence-corrected chi connectivity index (χ3v) is 3.59. The molecule has 0 atom stereocenters.